The minimum Gasteiger partial charge on any atom is -0.507 e. The van der Waals surface area contributed by atoms with Crippen LogP contribution >= 0.6 is 0 Å². The van der Waals surface area contributed by atoms with Gasteiger partial charge in [0.25, 0.3) is 0 Å². The second-order valence-electron chi connectivity index (χ2n) is 16.5. The van der Waals surface area contributed by atoms with Crippen molar-refractivity contribution in [1.29, 1.82) is 0 Å². The summed E-state index contributed by atoms with van der Waals surface area (Å²) < 4.78 is 5.29. The zero-order chi connectivity index (χ0) is 35.0. The summed E-state index contributed by atoms with van der Waals surface area (Å²) in [6.45, 7) is 6.61. The predicted molar refractivity (Wildman–Crippen MR) is 198 cm³/mol. The van der Waals surface area contributed by atoms with E-state index in [2.05, 4.69) is 32.4 Å². The molecule has 0 radical (unpaired) electrons. The molecule has 10 heteroatoms. The number of nitrogens with zero attached hydrogens (tertiary/aromatic N) is 6. The van der Waals surface area contributed by atoms with Gasteiger partial charge in [0, 0.05) is 43.5 Å². The molecule has 3 atom stereocenters. The lowest BCUT2D eigenvalue weighted by Crippen LogP contribution is -2.54. The molecule has 272 valence electrons. The molecule has 10 nitrogen and oxygen atoms in total. The van der Waals surface area contributed by atoms with Crippen molar-refractivity contribution in [2.45, 2.75) is 102 Å². The topological polar surface area (TPSA) is 131 Å². The van der Waals surface area contributed by atoms with Crippen LogP contribution in [-0.2, 0) is 16.0 Å². The van der Waals surface area contributed by atoms with Crippen molar-refractivity contribution in [2.75, 3.05) is 43.4 Å². The van der Waals surface area contributed by atoms with E-state index in [1.54, 1.807) is 6.07 Å². The molecule has 6 fully saturated rings. The molecule has 1 aromatic carbocycles. The molecule has 1 spiro atoms. The van der Waals surface area contributed by atoms with Gasteiger partial charge in [-0.1, -0.05) is 12.1 Å². The zero-order valence-corrected chi connectivity index (χ0v) is 30.3. The van der Waals surface area contributed by atoms with Gasteiger partial charge in [0.2, 0.25) is 0 Å². The molecule has 5 heterocycles. The lowest BCUT2D eigenvalue weighted by Gasteiger charge is -2.55. The lowest BCUT2D eigenvalue weighted by atomic mass is 9.56. The van der Waals surface area contributed by atoms with Crippen molar-refractivity contribution in [2.24, 2.45) is 29.1 Å². The zero-order valence-electron chi connectivity index (χ0n) is 30.3. The fraction of sp³-hybridized carbons (Fsp3) is 0.634. The summed E-state index contributed by atoms with van der Waals surface area (Å²) in [6.07, 6.45) is 19.4. The van der Waals surface area contributed by atoms with Gasteiger partial charge in [0.05, 0.1) is 23.9 Å². The maximum atomic E-state index is 12.2. The third kappa shape index (κ3) is 7.30. The first-order valence-corrected chi connectivity index (χ1v) is 19.7. The molecule has 0 amide bonds. The van der Waals surface area contributed by atoms with E-state index in [4.69, 9.17) is 20.4 Å². The number of hydrogen-bond donors (Lipinski definition) is 2. The number of esters is 1. The molecular weight excluding hydrogens is 638 g/mol. The van der Waals surface area contributed by atoms with E-state index >= 15 is 0 Å². The fourth-order valence-electron chi connectivity index (χ4n) is 10.5. The summed E-state index contributed by atoms with van der Waals surface area (Å²) in [5.41, 5.74) is 10.4. The lowest BCUT2D eigenvalue weighted by molar-refractivity contribution is -0.151. The number of hydrogen-bond acceptors (Lipinski definition) is 10. The van der Waals surface area contributed by atoms with Crippen molar-refractivity contribution >= 4 is 17.5 Å². The average molecular weight is 694 g/mol. The van der Waals surface area contributed by atoms with Crippen molar-refractivity contribution in [3.05, 3.63) is 54.1 Å². The highest BCUT2D eigenvalue weighted by Gasteiger charge is 2.49. The molecule has 3 unspecified atom stereocenters. The summed E-state index contributed by atoms with van der Waals surface area (Å²) >= 11 is 0. The van der Waals surface area contributed by atoms with Gasteiger partial charge < -0.3 is 25.4 Å². The van der Waals surface area contributed by atoms with Gasteiger partial charge in [0.1, 0.15) is 11.6 Å². The van der Waals surface area contributed by atoms with Crippen LogP contribution in [0.1, 0.15) is 101 Å². The van der Waals surface area contributed by atoms with Gasteiger partial charge in [-0.15, -0.1) is 10.2 Å². The first-order chi connectivity index (χ1) is 24.9. The second-order valence-corrected chi connectivity index (χ2v) is 16.5. The van der Waals surface area contributed by atoms with Crippen molar-refractivity contribution in [3.63, 3.8) is 0 Å². The van der Waals surface area contributed by atoms with Gasteiger partial charge in [-0.25, -0.2) is 9.97 Å². The van der Waals surface area contributed by atoms with Crippen LogP contribution in [0.4, 0.5) is 11.5 Å². The van der Waals surface area contributed by atoms with Crippen molar-refractivity contribution in [3.8, 4) is 17.0 Å². The molecule has 3 saturated heterocycles. The van der Waals surface area contributed by atoms with Crippen LogP contribution in [0.3, 0.4) is 0 Å². The normalized spacial score (nSPS) is 30.1. The first kappa shape index (κ1) is 34.3. The van der Waals surface area contributed by atoms with E-state index in [-0.39, 0.29) is 17.6 Å². The number of ether oxygens (including phenoxy) is 1. The molecule has 6 aliphatic rings. The van der Waals surface area contributed by atoms with E-state index in [0.29, 0.717) is 52.8 Å². The van der Waals surface area contributed by atoms with Gasteiger partial charge in [-0.2, -0.15) is 0 Å². The standard InChI is InChI=1S/C41H55N7O3/c1-2-51-40(50)30-9-14-41(15-10-30)22-33(23-41)47-16-11-29(12-17-47)32-24-43-38(44-25-32)20-31-19-27-7-8-28(31)13-18-48(26-27)36-21-35(45-46-39(36)42)34-5-3-4-6-37(34)49/h3-6,21,24-25,27-31,33,49H,2,7-20,22-23,26H2,1H3,(H2,42,46). The maximum absolute atomic E-state index is 12.2. The van der Waals surface area contributed by atoms with Crippen molar-refractivity contribution in [1.82, 2.24) is 25.1 Å². The van der Waals surface area contributed by atoms with E-state index in [1.807, 2.05) is 31.2 Å². The highest BCUT2D eigenvalue weighted by molar-refractivity contribution is 5.74. The Labute approximate surface area is 302 Å². The molecule has 3 aromatic rings. The largest absolute Gasteiger partial charge is 0.507 e. The number of aromatic nitrogens is 4. The second kappa shape index (κ2) is 14.7. The summed E-state index contributed by atoms with van der Waals surface area (Å²) in [6, 6.07) is 9.96. The number of phenolic OH excluding ortho intramolecular Hbond substituents is 1. The Morgan fingerprint density at radius 2 is 1.75 bits per heavy atom. The third-order valence-corrected chi connectivity index (χ3v) is 13.5. The van der Waals surface area contributed by atoms with E-state index in [9.17, 15) is 9.90 Å². The number of carbonyl (C=O) groups excluding carboxylic acids is 1. The van der Waals surface area contributed by atoms with Crippen LogP contribution in [0.2, 0.25) is 0 Å². The highest BCUT2D eigenvalue weighted by Crippen LogP contribution is 2.55. The maximum Gasteiger partial charge on any atom is 0.308 e. The minimum absolute atomic E-state index is 0.0228. The van der Waals surface area contributed by atoms with E-state index in [0.717, 1.165) is 69.4 Å². The van der Waals surface area contributed by atoms with E-state index < -0.39 is 0 Å². The number of rotatable bonds is 8. The smallest absolute Gasteiger partial charge is 0.308 e. The number of para-hydroxylation sites is 1. The Morgan fingerprint density at radius 1 is 0.980 bits per heavy atom. The summed E-state index contributed by atoms with van der Waals surface area (Å²) in [4.78, 5) is 27.2. The van der Waals surface area contributed by atoms with Gasteiger partial charge in [0.15, 0.2) is 5.82 Å². The quantitative estimate of drug-likeness (QED) is 0.243. The SMILES string of the molecule is CCOC(=O)C1CCC2(CC1)CC(N1CCC(c3cnc(CC4CC5CCC4CCN(c4cc(-c6ccccc6O)nnc4N)C5)nc3)CC1)C2. The van der Waals surface area contributed by atoms with E-state index in [1.165, 1.54) is 63.4 Å². The Morgan fingerprint density at radius 3 is 2.49 bits per heavy atom. The Bertz CT molecular complexity index is 1660. The number of phenols is 1. The Hall–Kier alpha value is -3.79. The molecule has 2 aromatic heterocycles. The Balaban J connectivity index is 0.816. The Kier molecular flexibility index (Phi) is 9.87. The van der Waals surface area contributed by atoms with Gasteiger partial charge in [-0.05, 0) is 150 Å². The summed E-state index contributed by atoms with van der Waals surface area (Å²) in [7, 11) is 0. The molecule has 3 N–H and O–H groups in total. The predicted octanol–water partition coefficient (Wildman–Crippen LogP) is 6.79. The number of fused-ring (bicyclic) bond motifs is 5. The monoisotopic (exact) mass is 693 g/mol. The van der Waals surface area contributed by atoms with Crippen LogP contribution in [0, 0.1) is 29.1 Å². The molecule has 51 heavy (non-hydrogen) atoms. The van der Waals surface area contributed by atoms with Crippen LogP contribution in [0.25, 0.3) is 11.3 Å². The number of nitrogens with two attached hydrogens (primary N) is 1. The third-order valence-electron chi connectivity index (χ3n) is 13.5. The molecular formula is C41H55N7O3. The molecule has 3 aliphatic carbocycles. The number of benzene rings is 1. The number of piperidine rings is 1. The van der Waals surface area contributed by atoms with Gasteiger partial charge >= 0.3 is 5.97 Å². The number of aromatic hydroxyl groups is 1. The van der Waals surface area contributed by atoms with Crippen LogP contribution in [0.5, 0.6) is 5.75 Å². The van der Waals surface area contributed by atoms with Crippen LogP contribution in [-0.4, -0.2) is 75.0 Å². The number of likely N-dealkylation sites (tertiary alicyclic amines) is 1. The molecule has 3 aliphatic heterocycles. The van der Waals surface area contributed by atoms with Crippen molar-refractivity contribution < 1.29 is 14.6 Å². The number of nitrogen functional groups attached to an aromatic ring is 1. The minimum atomic E-state index is 0.0228. The fourth-order valence-corrected chi connectivity index (χ4v) is 10.5. The number of carbonyl (C=O) groups is 1. The number of anilines is 2. The first-order valence-electron chi connectivity index (χ1n) is 19.7. The molecule has 2 bridgehead atoms. The highest BCUT2D eigenvalue weighted by atomic mass is 16.5. The van der Waals surface area contributed by atoms with Crippen LogP contribution in [0.15, 0.2) is 42.7 Å². The van der Waals surface area contributed by atoms with Crippen LogP contribution < -0.4 is 10.6 Å². The van der Waals surface area contributed by atoms with Gasteiger partial charge in [-0.3, -0.25) is 4.79 Å². The summed E-state index contributed by atoms with van der Waals surface area (Å²) in [5.74, 6) is 4.18. The molecule has 9 rings (SSSR count). The summed E-state index contributed by atoms with van der Waals surface area (Å²) in [5, 5.41) is 19.0. The average Bonchev–Trinajstić information content (AvgIpc) is 3.12. The molecule has 3 saturated carbocycles.